The highest BCUT2D eigenvalue weighted by Crippen LogP contribution is 2.25. The lowest BCUT2D eigenvalue weighted by atomic mass is 9.80. The molecule has 0 spiro atoms. The van der Waals surface area contributed by atoms with Crippen LogP contribution in [0.25, 0.3) is 11.1 Å². The third kappa shape index (κ3) is 5.60. The van der Waals surface area contributed by atoms with Crippen molar-refractivity contribution in [2.75, 3.05) is 24.3 Å². The lowest BCUT2D eigenvalue weighted by Gasteiger charge is -2.13. The number of carbonyl (C=O) groups is 1. The first-order valence-corrected chi connectivity index (χ1v) is 9.19. The third-order valence-electron chi connectivity index (χ3n) is 4.47. The zero-order valence-corrected chi connectivity index (χ0v) is 16.4. The molecule has 29 heavy (non-hydrogen) atoms. The molecule has 0 radical (unpaired) electrons. The molecule has 0 unspecified atom stereocenters. The summed E-state index contributed by atoms with van der Waals surface area (Å²) in [5.41, 5.74) is 4.94. The fourth-order valence-corrected chi connectivity index (χ4v) is 2.82. The number of amides is 1. The molecule has 3 aromatic carbocycles. The van der Waals surface area contributed by atoms with E-state index in [-0.39, 0.29) is 6.61 Å². The van der Waals surface area contributed by atoms with Crippen LogP contribution >= 0.6 is 0 Å². The molecule has 0 heterocycles. The van der Waals surface area contributed by atoms with Gasteiger partial charge in [0, 0.05) is 25.5 Å². The number of hydrogen-bond acceptors (Lipinski definition) is 5. The van der Waals surface area contributed by atoms with Gasteiger partial charge in [0.15, 0.2) is 0 Å². The van der Waals surface area contributed by atoms with Gasteiger partial charge in [0.05, 0.1) is 0 Å². The number of hydrogen-bond donors (Lipinski definition) is 3. The van der Waals surface area contributed by atoms with Gasteiger partial charge in [-0.15, -0.1) is 0 Å². The molecule has 0 aliphatic heterocycles. The first-order valence-electron chi connectivity index (χ1n) is 9.19. The monoisotopic (exact) mass is 390 g/mol. The summed E-state index contributed by atoms with van der Waals surface area (Å²) in [7, 11) is 2.48. The van der Waals surface area contributed by atoms with E-state index in [1.54, 1.807) is 30.3 Å². The SMILES string of the molecule is CN(C)c1ccc(-c2cccc(NC(=O)OCc3ccc(B(O)O)cc3)c2)cc1. The predicted octanol–water partition coefficient (Wildman–Crippen LogP) is 2.85. The molecule has 0 bridgehead atoms. The smallest absolute Gasteiger partial charge is 0.444 e. The summed E-state index contributed by atoms with van der Waals surface area (Å²) in [6.45, 7) is 0.0827. The van der Waals surface area contributed by atoms with E-state index in [2.05, 4.69) is 5.32 Å². The number of nitrogens with zero attached hydrogens (tertiary/aromatic N) is 1. The first kappa shape index (κ1) is 20.4. The summed E-state index contributed by atoms with van der Waals surface area (Å²) in [5.74, 6) is 0. The molecule has 7 heteroatoms. The summed E-state index contributed by atoms with van der Waals surface area (Å²) >= 11 is 0. The number of rotatable bonds is 6. The molecule has 0 aromatic heterocycles. The molecular weight excluding hydrogens is 367 g/mol. The summed E-state index contributed by atoms with van der Waals surface area (Å²) in [5, 5.41) is 20.9. The molecule has 3 aromatic rings. The highest BCUT2D eigenvalue weighted by atomic mass is 16.5. The number of ether oxygens (including phenoxy) is 1. The van der Waals surface area contributed by atoms with E-state index >= 15 is 0 Å². The quantitative estimate of drug-likeness (QED) is 0.564. The minimum absolute atomic E-state index is 0.0827. The van der Waals surface area contributed by atoms with Crippen molar-refractivity contribution in [2.45, 2.75) is 6.61 Å². The lowest BCUT2D eigenvalue weighted by Crippen LogP contribution is -2.29. The van der Waals surface area contributed by atoms with Crippen LogP contribution in [0.3, 0.4) is 0 Å². The van der Waals surface area contributed by atoms with Crippen molar-refractivity contribution in [3.63, 3.8) is 0 Å². The van der Waals surface area contributed by atoms with E-state index in [1.165, 1.54) is 0 Å². The highest BCUT2D eigenvalue weighted by molar-refractivity contribution is 6.58. The molecule has 0 saturated carbocycles. The van der Waals surface area contributed by atoms with Gasteiger partial charge in [0.1, 0.15) is 6.61 Å². The number of anilines is 2. The third-order valence-corrected chi connectivity index (χ3v) is 4.47. The average Bonchev–Trinajstić information content (AvgIpc) is 2.73. The highest BCUT2D eigenvalue weighted by Gasteiger charge is 2.10. The van der Waals surface area contributed by atoms with Gasteiger partial charge in [-0.25, -0.2) is 4.79 Å². The van der Waals surface area contributed by atoms with Gasteiger partial charge >= 0.3 is 13.2 Å². The van der Waals surface area contributed by atoms with Gasteiger partial charge in [-0.05, 0) is 46.4 Å². The van der Waals surface area contributed by atoms with Crippen LogP contribution in [-0.4, -0.2) is 37.4 Å². The molecule has 0 fully saturated rings. The zero-order chi connectivity index (χ0) is 20.8. The van der Waals surface area contributed by atoms with Crippen molar-refractivity contribution in [1.82, 2.24) is 0 Å². The Labute approximate surface area is 170 Å². The van der Waals surface area contributed by atoms with Crippen LogP contribution in [0, 0.1) is 0 Å². The van der Waals surface area contributed by atoms with Crippen molar-refractivity contribution in [1.29, 1.82) is 0 Å². The van der Waals surface area contributed by atoms with Crippen LogP contribution in [0.4, 0.5) is 16.2 Å². The van der Waals surface area contributed by atoms with E-state index in [4.69, 9.17) is 14.8 Å². The van der Waals surface area contributed by atoms with Crippen LogP contribution in [0.2, 0.25) is 0 Å². The Hall–Kier alpha value is -3.29. The first-order chi connectivity index (χ1) is 13.9. The van der Waals surface area contributed by atoms with Crippen LogP contribution in [0.5, 0.6) is 0 Å². The van der Waals surface area contributed by atoms with Crippen molar-refractivity contribution < 1.29 is 19.6 Å². The molecule has 3 N–H and O–H groups in total. The minimum Gasteiger partial charge on any atom is -0.444 e. The van der Waals surface area contributed by atoms with Gasteiger partial charge in [-0.3, -0.25) is 5.32 Å². The Morgan fingerprint density at radius 3 is 2.28 bits per heavy atom. The second kappa shape index (κ2) is 9.27. The normalized spacial score (nSPS) is 10.3. The van der Waals surface area contributed by atoms with E-state index in [9.17, 15) is 4.79 Å². The Morgan fingerprint density at radius 2 is 1.66 bits per heavy atom. The Balaban J connectivity index is 1.60. The fourth-order valence-electron chi connectivity index (χ4n) is 2.82. The maximum Gasteiger partial charge on any atom is 0.488 e. The zero-order valence-electron chi connectivity index (χ0n) is 16.4. The van der Waals surface area contributed by atoms with Gasteiger partial charge in [0.2, 0.25) is 0 Å². The second-order valence-corrected chi connectivity index (χ2v) is 6.84. The summed E-state index contributed by atoms with van der Waals surface area (Å²) in [6.07, 6.45) is -0.559. The molecule has 0 saturated heterocycles. The van der Waals surface area contributed by atoms with Crippen LogP contribution < -0.4 is 15.7 Å². The van der Waals surface area contributed by atoms with Crippen molar-refractivity contribution in [3.05, 3.63) is 78.4 Å². The number of nitrogens with one attached hydrogen (secondary N) is 1. The molecule has 148 valence electrons. The molecule has 6 nitrogen and oxygen atoms in total. The Bertz CT molecular complexity index is 957. The van der Waals surface area contributed by atoms with Crippen LogP contribution in [-0.2, 0) is 11.3 Å². The molecule has 3 rings (SSSR count). The average molecular weight is 390 g/mol. The van der Waals surface area contributed by atoms with Crippen molar-refractivity contribution in [2.24, 2.45) is 0 Å². The summed E-state index contributed by atoms with van der Waals surface area (Å²) in [4.78, 5) is 14.1. The number of benzene rings is 3. The standard InChI is InChI=1S/C22H23BN2O4/c1-25(2)21-12-8-17(9-13-21)18-4-3-5-20(14-18)24-22(26)29-15-16-6-10-19(11-7-16)23(27)28/h3-14,27-28H,15H2,1-2H3,(H,24,26). The van der Waals surface area contributed by atoms with Crippen LogP contribution in [0.15, 0.2) is 72.8 Å². The van der Waals surface area contributed by atoms with Crippen molar-refractivity contribution in [3.8, 4) is 11.1 Å². The van der Waals surface area contributed by atoms with E-state index in [0.717, 1.165) is 22.4 Å². The predicted molar refractivity (Wildman–Crippen MR) is 116 cm³/mol. The maximum absolute atomic E-state index is 12.1. The Morgan fingerprint density at radius 1 is 0.966 bits per heavy atom. The fraction of sp³-hybridized carbons (Fsp3) is 0.136. The second-order valence-electron chi connectivity index (χ2n) is 6.84. The maximum atomic E-state index is 12.1. The molecule has 0 atom stereocenters. The van der Waals surface area contributed by atoms with E-state index in [1.807, 2.05) is 61.5 Å². The molecule has 0 aliphatic carbocycles. The van der Waals surface area contributed by atoms with Gasteiger partial charge < -0.3 is 19.7 Å². The number of carbonyl (C=O) groups excluding carboxylic acids is 1. The largest absolute Gasteiger partial charge is 0.488 e. The van der Waals surface area contributed by atoms with Crippen LogP contribution in [0.1, 0.15) is 5.56 Å². The molecular formula is C22H23BN2O4. The minimum atomic E-state index is -1.51. The lowest BCUT2D eigenvalue weighted by molar-refractivity contribution is 0.155. The van der Waals surface area contributed by atoms with E-state index < -0.39 is 13.2 Å². The molecule has 0 aliphatic rings. The topological polar surface area (TPSA) is 82.0 Å². The van der Waals surface area contributed by atoms with E-state index in [0.29, 0.717) is 11.2 Å². The summed E-state index contributed by atoms with van der Waals surface area (Å²) in [6, 6.07) is 22.2. The molecule has 1 amide bonds. The van der Waals surface area contributed by atoms with Crippen molar-refractivity contribution >= 4 is 30.0 Å². The van der Waals surface area contributed by atoms with Gasteiger partial charge in [-0.2, -0.15) is 0 Å². The van der Waals surface area contributed by atoms with Gasteiger partial charge in [0.25, 0.3) is 0 Å². The van der Waals surface area contributed by atoms with Gasteiger partial charge in [-0.1, -0.05) is 48.5 Å². The Kier molecular flexibility index (Phi) is 6.54. The summed E-state index contributed by atoms with van der Waals surface area (Å²) < 4.78 is 5.24.